The molecule has 144 valence electrons. The number of aliphatic hydroxyl groups excluding tert-OH is 1. The number of benzene rings is 2. The highest BCUT2D eigenvalue weighted by Gasteiger charge is 2.29. The molecular formula is C19H22N2O5S. The fourth-order valence-corrected chi connectivity index (χ4v) is 3.94. The molecule has 1 N–H and O–H groups in total. The maximum Gasteiger partial charge on any atom is 0.258 e. The summed E-state index contributed by atoms with van der Waals surface area (Å²) in [5.41, 5.74) is 1.64. The molecule has 1 aliphatic rings. The molecule has 8 heteroatoms. The third-order valence-corrected chi connectivity index (χ3v) is 6.47. The smallest absolute Gasteiger partial charge is 0.258 e. The standard InChI is InChI=1S/C19H22N2O5S/c1-20(2)27(24,25)15-7-4-13(5-8-15)19(23)21-11-10-18(22)16-9-6-14(26-3)12-17(16)21/h4-9,12,18,22H,10-11H2,1-3H3. The molecule has 2 aromatic carbocycles. The zero-order valence-corrected chi connectivity index (χ0v) is 16.2. The summed E-state index contributed by atoms with van der Waals surface area (Å²) >= 11 is 0. The molecule has 1 unspecified atom stereocenters. The Bertz CT molecular complexity index is 955. The van der Waals surface area contributed by atoms with Crippen molar-refractivity contribution in [1.29, 1.82) is 0 Å². The molecule has 1 atom stereocenters. The molecule has 27 heavy (non-hydrogen) atoms. The van der Waals surface area contributed by atoms with Gasteiger partial charge in [-0.25, -0.2) is 12.7 Å². The molecule has 0 saturated carbocycles. The van der Waals surface area contributed by atoms with Crippen molar-refractivity contribution in [3.63, 3.8) is 0 Å². The predicted octanol–water partition coefficient (Wildman–Crippen LogP) is 2.03. The summed E-state index contributed by atoms with van der Waals surface area (Å²) in [6, 6.07) is 11.1. The lowest BCUT2D eigenvalue weighted by atomic mass is 9.97. The van der Waals surface area contributed by atoms with Crippen molar-refractivity contribution in [2.24, 2.45) is 0 Å². The van der Waals surface area contributed by atoms with Crippen LogP contribution in [0.2, 0.25) is 0 Å². The van der Waals surface area contributed by atoms with Gasteiger partial charge in [-0.15, -0.1) is 0 Å². The van der Waals surface area contributed by atoms with E-state index in [1.165, 1.54) is 45.5 Å². The number of amides is 1. The number of carbonyl (C=O) groups excluding carboxylic acids is 1. The van der Waals surface area contributed by atoms with Crippen molar-refractivity contribution >= 4 is 21.6 Å². The number of anilines is 1. The molecule has 0 spiro atoms. The van der Waals surface area contributed by atoms with Crippen LogP contribution >= 0.6 is 0 Å². The first kappa shape index (κ1) is 19.3. The van der Waals surface area contributed by atoms with E-state index in [0.29, 0.717) is 35.5 Å². The Morgan fingerprint density at radius 2 is 1.85 bits per heavy atom. The van der Waals surface area contributed by atoms with Gasteiger partial charge in [-0.3, -0.25) is 4.79 Å². The van der Waals surface area contributed by atoms with Crippen molar-refractivity contribution in [3.8, 4) is 5.75 Å². The molecule has 0 aromatic heterocycles. The lowest BCUT2D eigenvalue weighted by Crippen LogP contribution is -2.36. The SMILES string of the molecule is COc1ccc2c(c1)N(C(=O)c1ccc(S(=O)(=O)N(C)C)cc1)CCC2O. The van der Waals surface area contributed by atoms with E-state index in [2.05, 4.69) is 0 Å². The lowest BCUT2D eigenvalue weighted by Gasteiger charge is -2.32. The summed E-state index contributed by atoms with van der Waals surface area (Å²) < 4.78 is 30.7. The molecule has 0 saturated heterocycles. The number of hydrogen-bond acceptors (Lipinski definition) is 5. The number of methoxy groups -OCH3 is 1. The molecule has 0 aliphatic carbocycles. The largest absolute Gasteiger partial charge is 0.497 e. The topological polar surface area (TPSA) is 87.2 Å². The summed E-state index contributed by atoms with van der Waals surface area (Å²) in [6.45, 7) is 0.359. The maximum atomic E-state index is 13.0. The van der Waals surface area contributed by atoms with Gasteiger partial charge in [0.05, 0.1) is 23.8 Å². The monoisotopic (exact) mass is 390 g/mol. The highest BCUT2D eigenvalue weighted by Crippen LogP contribution is 2.37. The van der Waals surface area contributed by atoms with Crippen LogP contribution in [0.5, 0.6) is 5.75 Å². The molecule has 0 bridgehead atoms. The fourth-order valence-electron chi connectivity index (χ4n) is 3.04. The van der Waals surface area contributed by atoms with Crippen LogP contribution in [-0.2, 0) is 10.0 Å². The predicted molar refractivity (Wildman–Crippen MR) is 102 cm³/mol. The molecule has 1 aliphatic heterocycles. The van der Waals surface area contributed by atoms with Gasteiger partial charge in [-0.2, -0.15) is 0 Å². The van der Waals surface area contributed by atoms with Gasteiger partial charge in [0.1, 0.15) is 5.75 Å². The minimum absolute atomic E-state index is 0.125. The molecule has 7 nitrogen and oxygen atoms in total. The summed E-state index contributed by atoms with van der Waals surface area (Å²) in [6.07, 6.45) is -0.208. The summed E-state index contributed by atoms with van der Waals surface area (Å²) in [5.74, 6) is 0.332. The van der Waals surface area contributed by atoms with Gasteiger partial charge in [-0.05, 0) is 36.8 Å². The minimum Gasteiger partial charge on any atom is -0.497 e. The molecule has 1 amide bonds. The second-order valence-corrected chi connectivity index (χ2v) is 8.65. The zero-order chi connectivity index (χ0) is 19.8. The number of rotatable bonds is 4. The van der Waals surface area contributed by atoms with Crippen LogP contribution < -0.4 is 9.64 Å². The Hall–Kier alpha value is -2.42. The van der Waals surface area contributed by atoms with E-state index >= 15 is 0 Å². The number of sulfonamides is 1. The molecule has 0 fully saturated rings. The van der Waals surface area contributed by atoms with E-state index in [0.717, 1.165) is 4.31 Å². The number of carbonyl (C=O) groups is 1. The first-order valence-corrected chi connectivity index (χ1v) is 9.90. The number of aliphatic hydroxyl groups is 1. The van der Waals surface area contributed by atoms with Crippen LogP contribution in [0.25, 0.3) is 0 Å². The van der Waals surface area contributed by atoms with Crippen molar-refractivity contribution in [2.75, 3.05) is 32.6 Å². The third-order valence-electron chi connectivity index (χ3n) is 4.64. The maximum absolute atomic E-state index is 13.0. The highest BCUT2D eigenvalue weighted by molar-refractivity contribution is 7.89. The van der Waals surface area contributed by atoms with E-state index in [1.54, 1.807) is 23.1 Å². The van der Waals surface area contributed by atoms with Crippen LogP contribution in [0.15, 0.2) is 47.4 Å². The number of nitrogens with zero attached hydrogens (tertiary/aromatic N) is 2. The number of fused-ring (bicyclic) bond motifs is 1. The summed E-state index contributed by atoms with van der Waals surface area (Å²) in [4.78, 5) is 14.7. The number of hydrogen-bond donors (Lipinski definition) is 1. The van der Waals surface area contributed by atoms with Crippen LogP contribution in [0.1, 0.15) is 28.4 Å². The quantitative estimate of drug-likeness (QED) is 0.863. The van der Waals surface area contributed by atoms with E-state index in [4.69, 9.17) is 4.74 Å². The molecule has 2 aromatic rings. The van der Waals surface area contributed by atoms with E-state index in [1.807, 2.05) is 0 Å². The average molecular weight is 390 g/mol. The van der Waals surface area contributed by atoms with E-state index < -0.39 is 16.1 Å². The van der Waals surface area contributed by atoms with Crippen molar-refractivity contribution in [1.82, 2.24) is 4.31 Å². The van der Waals surface area contributed by atoms with Crippen LogP contribution in [-0.4, -0.2) is 51.5 Å². The van der Waals surface area contributed by atoms with Crippen molar-refractivity contribution in [3.05, 3.63) is 53.6 Å². The van der Waals surface area contributed by atoms with Crippen molar-refractivity contribution in [2.45, 2.75) is 17.4 Å². The van der Waals surface area contributed by atoms with Gasteiger partial charge in [-0.1, -0.05) is 6.07 Å². The Balaban J connectivity index is 1.94. The molecule has 3 rings (SSSR count). The normalized spacial score (nSPS) is 16.9. The highest BCUT2D eigenvalue weighted by atomic mass is 32.2. The van der Waals surface area contributed by atoms with Gasteiger partial charge < -0.3 is 14.7 Å². The fraction of sp³-hybridized carbons (Fsp3) is 0.316. The Kier molecular flexibility index (Phi) is 5.23. The minimum atomic E-state index is -3.55. The van der Waals surface area contributed by atoms with Gasteiger partial charge in [0.25, 0.3) is 5.91 Å². The van der Waals surface area contributed by atoms with Crippen LogP contribution in [0, 0.1) is 0 Å². The molecule has 0 radical (unpaired) electrons. The Morgan fingerprint density at radius 1 is 1.19 bits per heavy atom. The summed E-state index contributed by atoms with van der Waals surface area (Å²) in [7, 11) is 0.901. The van der Waals surface area contributed by atoms with E-state index in [9.17, 15) is 18.3 Å². The second kappa shape index (κ2) is 7.30. The van der Waals surface area contributed by atoms with Gasteiger partial charge >= 0.3 is 0 Å². The lowest BCUT2D eigenvalue weighted by molar-refractivity contribution is 0.0970. The average Bonchev–Trinajstić information content (AvgIpc) is 2.67. The van der Waals surface area contributed by atoms with Gasteiger partial charge in [0.15, 0.2) is 0 Å². The van der Waals surface area contributed by atoms with Crippen LogP contribution in [0.4, 0.5) is 5.69 Å². The molecule has 1 heterocycles. The van der Waals surface area contributed by atoms with Crippen LogP contribution in [0.3, 0.4) is 0 Å². The van der Waals surface area contributed by atoms with Crippen molar-refractivity contribution < 1.29 is 23.1 Å². The van der Waals surface area contributed by atoms with Gasteiger partial charge in [0.2, 0.25) is 10.0 Å². The first-order valence-electron chi connectivity index (χ1n) is 8.46. The third kappa shape index (κ3) is 3.55. The second-order valence-electron chi connectivity index (χ2n) is 6.50. The van der Waals surface area contributed by atoms with Gasteiger partial charge in [0, 0.05) is 37.8 Å². The first-order chi connectivity index (χ1) is 12.8. The van der Waals surface area contributed by atoms with E-state index in [-0.39, 0.29) is 10.8 Å². The Morgan fingerprint density at radius 3 is 2.44 bits per heavy atom. The number of ether oxygens (including phenoxy) is 1. The molecular weight excluding hydrogens is 368 g/mol. The summed E-state index contributed by atoms with van der Waals surface area (Å²) in [5, 5.41) is 10.2. The Labute approximate surface area is 158 Å². The zero-order valence-electron chi connectivity index (χ0n) is 15.4.